The summed E-state index contributed by atoms with van der Waals surface area (Å²) in [5.74, 6) is 1.75. The van der Waals surface area contributed by atoms with Gasteiger partial charge in [0, 0.05) is 25.4 Å². The molecule has 1 fully saturated rings. The molecule has 0 bridgehead atoms. The second-order valence-corrected chi connectivity index (χ2v) is 5.89. The summed E-state index contributed by atoms with van der Waals surface area (Å²) in [6, 6.07) is 2.10. The maximum atomic E-state index is 5.55. The Balaban J connectivity index is 2.09. The summed E-state index contributed by atoms with van der Waals surface area (Å²) in [6.07, 6.45) is 6.18. The van der Waals surface area contributed by atoms with Crippen LogP contribution in [0, 0.1) is 6.92 Å². The molecular weight excluding hydrogens is 266 g/mol. The third-order valence-electron chi connectivity index (χ3n) is 4.36. The van der Waals surface area contributed by atoms with E-state index >= 15 is 0 Å². The summed E-state index contributed by atoms with van der Waals surface area (Å²) in [5.41, 5.74) is 1.04. The number of ether oxygens (including phenoxy) is 1. The van der Waals surface area contributed by atoms with E-state index in [1.807, 2.05) is 11.4 Å². The molecule has 0 radical (unpaired) electrons. The average Bonchev–Trinajstić information content (AvgIpc) is 3.05. The van der Waals surface area contributed by atoms with E-state index in [1.165, 1.54) is 6.42 Å². The topological polar surface area (TPSA) is 55.5 Å². The summed E-state index contributed by atoms with van der Waals surface area (Å²) in [4.78, 5) is 11.1. The number of aryl methyl sites for hydroxylation is 1. The van der Waals surface area contributed by atoms with Crippen molar-refractivity contribution in [1.82, 2.24) is 19.6 Å². The van der Waals surface area contributed by atoms with Crippen LogP contribution in [0.2, 0.25) is 0 Å². The van der Waals surface area contributed by atoms with Crippen molar-refractivity contribution in [2.75, 3.05) is 25.2 Å². The lowest BCUT2D eigenvalue weighted by molar-refractivity contribution is 0.127. The van der Waals surface area contributed by atoms with E-state index in [1.54, 1.807) is 13.4 Å². The van der Waals surface area contributed by atoms with E-state index in [0.29, 0.717) is 5.78 Å². The number of hydrogen-bond acceptors (Lipinski definition) is 5. The molecule has 21 heavy (non-hydrogen) atoms. The zero-order valence-electron chi connectivity index (χ0n) is 13.0. The molecule has 2 aromatic rings. The van der Waals surface area contributed by atoms with Crippen molar-refractivity contribution in [2.24, 2.45) is 0 Å². The van der Waals surface area contributed by atoms with Crippen LogP contribution in [-0.2, 0) is 4.74 Å². The molecule has 0 spiro atoms. The quantitative estimate of drug-likeness (QED) is 0.844. The van der Waals surface area contributed by atoms with Gasteiger partial charge in [-0.2, -0.15) is 14.6 Å². The summed E-state index contributed by atoms with van der Waals surface area (Å²) >= 11 is 0. The first-order chi connectivity index (χ1) is 10.2. The van der Waals surface area contributed by atoms with Crippen molar-refractivity contribution in [3.63, 3.8) is 0 Å². The SMILES string of the molecule is CCCC1(COC)CCCN1c1cc(C)nc2ncnn12. The molecule has 0 saturated carbocycles. The number of nitrogens with zero attached hydrogens (tertiary/aromatic N) is 5. The molecule has 3 heterocycles. The van der Waals surface area contributed by atoms with E-state index in [4.69, 9.17) is 4.74 Å². The zero-order chi connectivity index (χ0) is 14.9. The van der Waals surface area contributed by atoms with Gasteiger partial charge in [0.15, 0.2) is 0 Å². The smallest absolute Gasteiger partial charge is 0.254 e. The Kier molecular flexibility index (Phi) is 3.80. The molecule has 0 N–H and O–H groups in total. The first-order valence-electron chi connectivity index (χ1n) is 7.64. The highest BCUT2D eigenvalue weighted by atomic mass is 16.5. The van der Waals surface area contributed by atoms with Crippen molar-refractivity contribution in [3.8, 4) is 0 Å². The number of rotatable bonds is 5. The average molecular weight is 289 g/mol. The predicted octanol–water partition coefficient (Wildman–Crippen LogP) is 2.22. The summed E-state index contributed by atoms with van der Waals surface area (Å²) in [5, 5.41) is 4.35. The maximum Gasteiger partial charge on any atom is 0.254 e. The van der Waals surface area contributed by atoms with Crippen LogP contribution in [0.25, 0.3) is 5.78 Å². The predicted molar refractivity (Wildman–Crippen MR) is 81.6 cm³/mol. The van der Waals surface area contributed by atoms with E-state index in [9.17, 15) is 0 Å². The van der Waals surface area contributed by atoms with Crippen molar-refractivity contribution < 1.29 is 4.74 Å². The number of anilines is 1. The van der Waals surface area contributed by atoms with Gasteiger partial charge in [0.25, 0.3) is 5.78 Å². The van der Waals surface area contributed by atoms with Crippen LogP contribution < -0.4 is 4.90 Å². The van der Waals surface area contributed by atoms with Gasteiger partial charge in [0.05, 0.1) is 12.1 Å². The molecule has 6 nitrogen and oxygen atoms in total. The van der Waals surface area contributed by atoms with Crippen molar-refractivity contribution in [1.29, 1.82) is 0 Å². The van der Waals surface area contributed by atoms with E-state index in [0.717, 1.165) is 43.9 Å². The van der Waals surface area contributed by atoms with Crippen LogP contribution >= 0.6 is 0 Å². The molecule has 0 aliphatic carbocycles. The maximum absolute atomic E-state index is 5.55. The highest BCUT2D eigenvalue weighted by Gasteiger charge is 2.41. The first-order valence-corrected chi connectivity index (χ1v) is 7.64. The molecule has 3 rings (SSSR count). The lowest BCUT2D eigenvalue weighted by Crippen LogP contribution is -2.48. The Morgan fingerprint density at radius 1 is 1.43 bits per heavy atom. The molecule has 0 amide bonds. The Bertz CT molecular complexity index is 618. The monoisotopic (exact) mass is 289 g/mol. The minimum absolute atomic E-state index is 0.0656. The number of fused-ring (bicyclic) bond motifs is 1. The van der Waals surface area contributed by atoms with Gasteiger partial charge in [0.2, 0.25) is 0 Å². The Hall–Kier alpha value is -1.69. The number of aromatic nitrogens is 4. The second-order valence-electron chi connectivity index (χ2n) is 5.89. The van der Waals surface area contributed by atoms with Crippen molar-refractivity contribution in [3.05, 3.63) is 18.1 Å². The fourth-order valence-corrected chi connectivity index (χ4v) is 3.62. The minimum Gasteiger partial charge on any atom is -0.382 e. The third-order valence-corrected chi connectivity index (χ3v) is 4.36. The molecule has 1 saturated heterocycles. The fourth-order valence-electron chi connectivity index (χ4n) is 3.62. The van der Waals surface area contributed by atoms with Crippen LogP contribution in [0.1, 0.15) is 38.3 Å². The normalized spacial score (nSPS) is 22.3. The van der Waals surface area contributed by atoms with Gasteiger partial charge in [-0.05, 0) is 26.2 Å². The van der Waals surface area contributed by atoms with Crippen molar-refractivity contribution >= 4 is 11.6 Å². The molecule has 1 aliphatic heterocycles. The van der Waals surface area contributed by atoms with Gasteiger partial charge in [-0.25, -0.2) is 4.98 Å². The molecule has 6 heteroatoms. The van der Waals surface area contributed by atoms with E-state index in [2.05, 4.69) is 33.0 Å². The second kappa shape index (κ2) is 5.60. The molecule has 114 valence electrons. The molecular formula is C15H23N5O. The summed E-state index contributed by atoms with van der Waals surface area (Å²) in [6.45, 7) is 6.02. The minimum atomic E-state index is 0.0656. The van der Waals surface area contributed by atoms with Crippen LogP contribution in [0.4, 0.5) is 5.82 Å². The lowest BCUT2D eigenvalue weighted by Gasteiger charge is -2.39. The van der Waals surface area contributed by atoms with Gasteiger partial charge in [-0.15, -0.1) is 0 Å². The van der Waals surface area contributed by atoms with Gasteiger partial charge in [0.1, 0.15) is 12.1 Å². The molecule has 1 atom stereocenters. The molecule has 1 aliphatic rings. The standard InChI is InChI=1S/C15H23N5O/c1-4-6-15(10-21-3)7-5-8-19(15)13-9-12(2)18-14-16-11-17-20(13)14/h9,11H,4-8,10H2,1-3H3. The zero-order valence-corrected chi connectivity index (χ0v) is 13.0. The highest BCUT2D eigenvalue weighted by Crippen LogP contribution is 2.37. The van der Waals surface area contributed by atoms with Crippen LogP contribution in [0.15, 0.2) is 12.4 Å². The van der Waals surface area contributed by atoms with E-state index in [-0.39, 0.29) is 5.54 Å². The van der Waals surface area contributed by atoms with Crippen LogP contribution in [0.5, 0.6) is 0 Å². The fraction of sp³-hybridized carbons (Fsp3) is 0.667. The summed E-state index contributed by atoms with van der Waals surface area (Å²) < 4.78 is 7.40. The Morgan fingerprint density at radius 2 is 2.29 bits per heavy atom. The number of hydrogen-bond donors (Lipinski definition) is 0. The molecule has 2 aromatic heterocycles. The molecule has 0 aromatic carbocycles. The van der Waals surface area contributed by atoms with Gasteiger partial charge in [-0.3, -0.25) is 0 Å². The third kappa shape index (κ3) is 2.37. The Morgan fingerprint density at radius 3 is 3.05 bits per heavy atom. The Labute approximate surface area is 125 Å². The van der Waals surface area contributed by atoms with Crippen LogP contribution in [-0.4, -0.2) is 45.4 Å². The lowest BCUT2D eigenvalue weighted by atomic mass is 9.91. The van der Waals surface area contributed by atoms with Crippen LogP contribution in [0.3, 0.4) is 0 Å². The van der Waals surface area contributed by atoms with Crippen molar-refractivity contribution in [2.45, 2.75) is 45.1 Å². The largest absolute Gasteiger partial charge is 0.382 e. The highest BCUT2D eigenvalue weighted by molar-refractivity contribution is 5.50. The van der Waals surface area contributed by atoms with Gasteiger partial charge >= 0.3 is 0 Å². The van der Waals surface area contributed by atoms with E-state index < -0.39 is 0 Å². The number of methoxy groups -OCH3 is 1. The molecule has 1 unspecified atom stereocenters. The summed E-state index contributed by atoms with van der Waals surface area (Å²) in [7, 11) is 1.79. The van der Waals surface area contributed by atoms with Gasteiger partial charge in [-0.1, -0.05) is 13.3 Å². The first kappa shape index (κ1) is 14.3. The van der Waals surface area contributed by atoms with Gasteiger partial charge < -0.3 is 9.64 Å².